The van der Waals surface area contributed by atoms with Crippen LogP contribution in [0.25, 0.3) is 0 Å². The number of carbonyl (C=O) groups is 2. The number of hydrogen-bond donors (Lipinski definition) is 2. The molecule has 0 bridgehead atoms. The fourth-order valence-corrected chi connectivity index (χ4v) is 8.78. The first kappa shape index (κ1) is 39.4. The summed E-state index contributed by atoms with van der Waals surface area (Å²) in [5.41, 5.74) is 6.06. The van der Waals surface area contributed by atoms with Crippen LogP contribution in [-0.4, -0.2) is 66.4 Å². The van der Waals surface area contributed by atoms with Gasteiger partial charge in [0.1, 0.15) is 0 Å². The summed E-state index contributed by atoms with van der Waals surface area (Å²) in [5, 5.41) is 9.74. The highest BCUT2D eigenvalue weighted by Gasteiger charge is 2.45. The number of ether oxygens (including phenoxy) is 1. The fraction of sp³-hybridized carbons (Fsp3) is 0.778. The van der Waals surface area contributed by atoms with Crippen LogP contribution < -0.4 is 5.73 Å². The summed E-state index contributed by atoms with van der Waals surface area (Å²) < 4.78 is 24.8. The Morgan fingerprint density at radius 3 is 1.76 bits per heavy atom. The second kappa shape index (κ2) is 23.6. The number of esters is 1. The molecule has 0 radical (unpaired) electrons. The maximum absolute atomic E-state index is 13.5. The lowest BCUT2D eigenvalue weighted by Crippen LogP contribution is -2.54. The highest BCUT2D eigenvalue weighted by molar-refractivity contribution is 7.58. The molecular weight excluding hydrogens is 587 g/mol. The standard InChI is InChI=1S/C36H63N2O6P/c1-33-24-23-29-38(33,36(40)41)28-20-13-10-8-6-4-2-3-5-7-9-11-14-21-30-45(42,31-22-15-12-19-27-37)44-32-43-35(39)34-25-17-16-18-26-34/h16-18,25-26,33H,2-15,19-24,27-32,37H2,1H3/p+1/t33-,38?,45?/m1/s1. The van der Waals surface area contributed by atoms with Gasteiger partial charge in [-0.05, 0) is 57.7 Å². The molecule has 0 spiro atoms. The van der Waals surface area contributed by atoms with Crippen LogP contribution in [0, 0.1) is 0 Å². The zero-order valence-electron chi connectivity index (χ0n) is 28.3. The summed E-state index contributed by atoms with van der Waals surface area (Å²) in [6, 6.07) is 9.06. The molecule has 0 saturated carbocycles. The number of nitrogens with two attached hydrogens (primary N) is 1. The number of benzene rings is 1. The lowest BCUT2D eigenvalue weighted by atomic mass is 10.0. The molecule has 0 aromatic heterocycles. The van der Waals surface area contributed by atoms with Gasteiger partial charge in [-0.25, -0.2) is 9.28 Å². The van der Waals surface area contributed by atoms with E-state index in [9.17, 15) is 19.3 Å². The summed E-state index contributed by atoms with van der Waals surface area (Å²) in [7, 11) is -2.85. The minimum atomic E-state index is -2.85. The molecule has 3 N–H and O–H groups in total. The number of carbonyl (C=O) groups excluding carboxylic acids is 1. The summed E-state index contributed by atoms with van der Waals surface area (Å²) >= 11 is 0. The minimum absolute atomic E-state index is 0.262. The lowest BCUT2D eigenvalue weighted by Gasteiger charge is -2.32. The van der Waals surface area contributed by atoms with Gasteiger partial charge in [0.15, 0.2) is 6.79 Å². The Bertz CT molecular complexity index is 978. The fourth-order valence-electron chi connectivity index (χ4n) is 6.64. The molecule has 8 nitrogen and oxygen atoms in total. The van der Waals surface area contributed by atoms with Crippen molar-refractivity contribution in [2.75, 3.05) is 38.8 Å². The average Bonchev–Trinajstić information content (AvgIpc) is 3.42. The molecule has 1 aliphatic heterocycles. The van der Waals surface area contributed by atoms with E-state index < -0.39 is 19.4 Å². The third-order valence-electron chi connectivity index (χ3n) is 9.65. The SMILES string of the molecule is C[C@@H]1CCC[N+]1(CCCCCCCCCCCCCCCCP(=O)(CCCCCCN)OCOC(=O)c1ccccc1)C(=O)O. The first-order valence-corrected chi connectivity index (χ1v) is 20.1. The van der Waals surface area contributed by atoms with Crippen LogP contribution in [0.1, 0.15) is 146 Å². The number of likely N-dealkylation sites (tertiary alicyclic amines) is 1. The summed E-state index contributed by atoms with van der Waals surface area (Å²) in [4.78, 5) is 24.1. The van der Waals surface area contributed by atoms with Gasteiger partial charge < -0.3 is 15.6 Å². The number of nitrogens with zero attached hydrogens (tertiary/aromatic N) is 1. The third-order valence-corrected chi connectivity index (χ3v) is 12.2. The molecule has 2 unspecified atom stereocenters. The van der Waals surface area contributed by atoms with Crippen LogP contribution in [0.15, 0.2) is 30.3 Å². The van der Waals surface area contributed by atoms with Gasteiger partial charge in [-0.1, -0.05) is 102 Å². The van der Waals surface area contributed by atoms with Crippen molar-refractivity contribution in [3.05, 3.63) is 35.9 Å². The maximum atomic E-state index is 13.5. The Morgan fingerprint density at radius 1 is 0.800 bits per heavy atom. The Balaban J connectivity index is 1.48. The van der Waals surface area contributed by atoms with E-state index in [-0.39, 0.29) is 12.8 Å². The van der Waals surface area contributed by atoms with Crippen molar-refractivity contribution in [1.82, 2.24) is 0 Å². The predicted octanol–water partition coefficient (Wildman–Crippen LogP) is 9.75. The van der Waals surface area contributed by atoms with Gasteiger partial charge in [0.25, 0.3) is 0 Å². The van der Waals surface area contributed by atoms with Gasteiger partial charge in [-0.3, -0.25) is 9.09 Å². The van der Waals surface area contributed by atoms with E-state index in [0.717, 1.165) is 83.7 Å². The van der Waals surface area contributed by atoms with E-state index in [4.69, 9.17) is 15.0 Å². The molecule has 45 heavy (non-hydrogen) atoms. The van der Waals surface area contributed by atoms with Crippen molar-refractivity contribution in [3.63, 3.8) is 0 Å². The van der Waals surface area contributed by atoms with Crippen LogP contribution >= 0.6 is 7.37 Å². The van der Waals surface area contributed by atoms with E-state index in [1.54, 1.807) is 24.3 Å². The van der Waals surface area contributed by atoms with E-state index >= 15 is 0 Å². The number of amides is 1. The van der Waals surface area contributed by atoms with Gasteiger partial charge in [-0.15, -0.1) is 0 Å². The highest BCUT2D eigenvalue weighted by atomic mass is 31.2. The quantitative estimate of drug-likeness (QED) is 0.0320. The predicted molar refractivity (Wildman–Crippen MR) is 184 cm³/mol. The second-order valence-corrected chi connectivity index (χ2v) is 16.0. The molecule has 1 aliphatic rings. The van der Waals surface area contributed by atoms with Gasteiger partial charge in [0, 0.05) is 25.2 Å². The van der Waals surface area contributed by atoms with Crippen molar-refractivity contribution in [2.24, 2.45) is 5.73 Å². The van der Waals surface area contributed by atoms with Crippen LogP contribution in [0.4, 0.5) is 4.79 Å². The van der Waals surface area contributed by atoms with E-state index in [1.807, 2.05) is 6.07 Å². The molecule has 1 saturated heterocycles. The zero-order valence-corrected chi connectivity index (χ0v) is 29.2. The molecule has 3 atom stereocenters. The molecule has 1 aromatic rings. The van der Waals surface area contributed by atoms with Crippen LogP contribution in [0.2, 0.25) is 0 Å². The normalized spacial score (nSPS) is 19.4. The molecule has 1 fully saturated rings. The van der Waals surface area contributed by atoms with Crippen molar-refractivity contribution in [1.29, 1.82) is 0 Å². The Morgan fingerprint density at radius 2 is 1.29 bits per heavy atom. The second-order valence-electron chi connectivity index (χ2n) is 13.2. The Labute approximate surface area is 273 Å². The first-order valence-electron chi connectivity index (χ1n) is 18.1. The van der Waals surface area contributed by atoms with Gasteiger partial charge in [0.05, 0.1) is 24.7 Å². The number of unbranched alkanes of at least 4 members (excludes halogenated alkanes) is 16. The maximum Gasteiger partial charge on any atom is 0.513 e. The van der Waals surface area contributed by atoms with Gasteiger partial charge in [0.2, 0.25) is 7.37 Å². The molecule has 258 valence electrons. The molecule has 1 aromatic carbocycles. The van der Waals surface area contributed by atoms with E-state index in [2.05, 4.69) is 6.92 Å². The summed E-state index contributed by atoms with van der Waals surface area (Å²) in [5.74, 6) is -0.457. The third kappa shape index (κ3) is 16.1. The topological polar surface area (TPSA) is 116 Å². The largest absolute Gasteiger partial charge is 0.513 e. The highest BCUT2D eigenvalue weighted by Crippen LogP contribution is 2.48. The van der Waals surface area contributed by atoms with Crippen molar-refractivity contribution in [2.45, 2.75) is 141 Å². The number of quaternary nitrogens is 1. The molecule has 0 aliphatic carbocycles. The number of carboxylic acid groups (broad SMARTS) is 1. The van der Waals surface area contributed by atoms with Crippen LogP contribution in [0.5, 0.6) is 0 Å². The molecule has 1 heterocycles. The number of rotatable bonds is 27. The molecule has 1 amide bonds. The minimum Gasteiger partial charge on any atom is -0.435 e. The summed E-state index contributed by atoms with van der Waals surface area (Å²) in [6.07, 6.45) is 23.1. The van der Waals surface area contributed by atoms with Crippen LogP contribution in [-0.2, 0) is 13.8 Å². The van der Waals surface area contributed by atoms with E-state index in [1.165, 1.54) is 57.8 Å². The van der Waals surface area contributed by atoms with E-state index in [0.29, 0.717) is 28.9 Å². The zero-order chi connectivity index (χ0) is 32.6. The number of hydrogen-bond acceptors (Lipinski definition) is 6. The Kier molecular flexibility index (Phi) is 20.7. The van der Waals surface area contributed by atoms with Crippen LogP contribution in [0.3, 0.4) is 0 Å². The van der Waals surface area contributed by atoms with Crippen molar-refractivity contribution >= 4 is 19.4 Å². The molecule has 2 rings (SSSR count). The summed E-state index contributed by atoms with van der Waals surface area (Å²) in [6.45, 7) is 4.12. The average molecular weight is 652 g/mol. The Hall–Kier alpha value is -1.73. The molecular formula is C36H64N2O6P+. The first-order chi connectivity index (χ1) is 21.8. The van der Waals surface area contributed by atoms with Gasteiger partial charge in [-0.2, -0.15) is 4.79 Å². The van der Waals surface area contributed by atoms with Crippen molar-refractivity contribution < 1.29 is 33.0 Å². The monoisotopic (exact) mass is 651 g/mol. The smallest absolute Gasteiger partial charge is 0.435 e. The van der Waals surface area contributed by atoms with Gasteiger partial charge >= 0.3 is 12.1 Å². The molecule has 9 heteroatoms. The lowest BCUT2D eigenvalue weighted by molar-refractivity contribution is -0.867. The van der Waals surface area contributed by atoms with Crippen molar-refractivity contribution in [3.8, 4) is 0 Å².